The number of aliphatic imine (C=N–C) groups is 1. The van der Waals surface area contributed by atoms with Crippen molar-refractivity contribution in [1.29, 1.82) is 0 Å². The Morgan fingerprint density at radius 2 is 1.91 bits per heavy atom. The van der Waals surface area contributed by atoms with E-state index in [2.05, 4.69) is 35.9 Å². The summed E-state index contributed by atoms with van der Waals surface area (Å²) in [5.74, 6) is 0.653. The molecule has 1 aliphatic rings. The van der Waals surface area contributed by atoms with Crippen LogP contribution in [0, 0.1) is 19.8 Å². The SMILES string of the molecule is Cc1ncc(CNC(=O)c2cc(CNC3=NCCN3)cc(-c3ccc(F)nc3C)c2)cn1. The number of halogens is 1. The van der Waals surface area contributed by atoms with Gasteiger partial charge in [0, 0.05) is 54.4 Å². The highest BCUT2D eigenvalue weighted by Crippen LogP contribution is 2.25. The average Bonchev–Trinajstić information content (AvgIpc) is 3.30. The van der Waals surface area contributed by atoms with Gasteiger partial charge in [-0.1, -0.05) is 0 Å². The van der Waals surface area contributed by atoms with Crippen molar-refractivity contribution in [2.45, 2.75) is 26.9 Å². The molecule has 3 heterocycles. The summed E-state index contributed by atoms with van der Waals surface area (Å²) >= 11 is 0. The van der Waals surface area contributed by atoms with Gasteiger partial charge in [0.05, 0.1) is 6.54 Å². The average molecular weight is 433 g/mol. The minimum absolute atomic E-state index is 0.224. The van der Waals surface area contributed by atoms with E-state index in [0.29, 0.717) is 30.2 Å². The predicted molar refractivity (Wildman–Crippen MR) is 119 cm³/mol. The van der Waals surface area contributed by atoms with Crippen molar-refractivity contribution >= 4 is 11.9 Å². The number of rotatable bonds is 6. The molecule has 2 aromatic heterocycles. The van der Waals surface area contributed by atoms with Gasteiger partial charge in [0.2, 0.25) is 5.95 Å². The van der Waals surface area contributed by atoms with Crippen LogP contribution in [-0.2, 0) is 13.1 Å². The van der Waals surface area contributed by atoms with Gasteiger partial charge >= 0.3 is 0 Å². The van der Waals surface area contributed by atoms with E-state index in [0.717, 1.165) is 41.3 Å². The minimum Gasteiger partial charge on any atom is -0.355 e. The molecule has 1 aliphatic heterocycles. The van der Waals surface area contributed by atoms with Gasteiger partial charge in [-0.05, 0) is 55.3 Å². The molecule has 4 rings (SSSR count). The van der Waals surface area contributed by atoms with Crippen molar-refractivity contribution in [2.75, 3.05) is 13.1 Å². The number of pyridine rings is 1. The van der Waals surface area contributed by atoms with Gasteiger partial charge in [0.25, 0.3) is 5.91 Å². The topological polar surface area (TPSA) is 104 Å². The number of aromatic nitrogens is 3. The van der Waals surface area contributed by atoms with Crippen LogP contribution < -0.4 is 16.0 Å². The summed E-state index contributed by atoms with van der Waals surface area (Å²) in [4.78, 5) is 29.5. The lowest BCUT2D eigenvalue weighted by Gasteiger charge is -2.13. The fourth-order valence-corrected chi connectivity index (χ4v) is 3.41. The van der Waals surface area contributed by atoms with Gasteiger partial charge in [-0.3, -0.25) is 9.79 Å². The van der Waals surface area contributed by atoms with E-state index >= 15 is 0 Å². The summed E-state index contributed by atoms with van der Waals surface area (Å²) in [5.41, 5.74) is 4.32. The van der Waals surface area contributed by atoms with Crippen LogP contribution in [-0.4, -0.2) is 39.9 Å². The highest BCUT2D eigenvalue weighted by atomic mass is 19.1. The number of hydrogen-bond donors (Lipinski definition) is 3. The van der Waals surface area contributed by atoms with E-state index in [1.165, 1.54) is 6.07 Å². The molecule has 0 bridgehead atoms. The Kier molecular flexibility index (Phi) is 6.34. The van der Waals surface area contributed by atoms with Gasteiger partial charge in [-0.2, -0.15) is 4.39 Å². The monoisotopic (exact) mass is 433 g/mol. The van der Waals surface area contributed by atoms with Crippen LogP contribution in [0.2, 0.25) is 0 Å². The summed E-state index contributed by atoms with van der Waals surface area (Å²) in [7, 11) is 0. The molecule has 1 aromatic carbocycles. The quantitative estimate of drug-likeness (QED) is 0.515. The molecule has 0 atom stereocenters. The number of guanidine groups is 1. The molecule has 0 unspecified atom stereocenters. The van der Waals surface area contributed by atoms with Gasteiger partial charge in [-0.15, -0.1) is 0 Å². The number of aryl methyl sites for hydroxylation is 2. The van der Waals surface area contributed by atoms with E-state index in [1.807, 2.05) is 19.1 Å². The normalized spacial score (nSPS) is 12.8. The zero-order valence-electron chi connectivity index (χ0n) is 17.9. The van der Waals surface area contributed by atoms with Crippen LogP contribution >= 0.6 is 0 Å². The number of nitrogens with one attached hydrogen (secondary N) is 3. The fourth-order valence-electron chi connectivity index (χ4n) is 3.41. The van der Waals surface area contributed by atoms with E-state index in [-0.39, 0.29) is 5.91 Å². The van der Waals surface area contributed by atoms with E-state index in [1.54, 1.807) is 31.5 Å². The number of hydrogen-bond acceptors (Lipinski definition) is 7. The maximum Gasteiger partial charge on any atom is 0.251 e. The molecular formula is C23H24FN7O. The summed E-state index contributed by atoms with van der Waals surface area (Å²) in [6.07, 6.45) is 3.38. The van der Waals surface area contributed by atoms with Crippen molar-refractivity contribution in [3.05, 3.63) is 76.9 Å². The maximum absolute atomic E-state index is 13.5. The molecule has 0 saturated carbocycles. The molecule has 3 N–H and O–H groups in total. The number of amides is 1. The molecule has 0 fully saturated rings. The van der Waals surface area contributed by atoms with Crippen LogP contribution in [0.1, 0.15) is 33.0 Å². The van der Waals surface area contributed by atoms with Crippen LogP contribution in [0.25, 0.3) is 11.1 Å². The van der Waals surface area contributed by atoms with Gasteiger partial charge in [-0.25, -0.2) is 15.0 Å². The Morgan fingerprint density at radius 3 is 2.62 bits per heavy atom. The maximum atomic E-state index is 13.5. The molecule has 32 heavy (non-hydrogen) atoms. The molecular weight excluding hydrogens is 409 g/mol. The summed E-state index contributed by atoms with van der Waals surface area (Å²) < 4.78 is 13.5. The van der Waals surface area contributed by atoms with E-state index in [9.17, 15) is 9.18 Å². The number of nitrogens with zero attached hydrogens (tertiary/aromatic N) is 4. The molecule has 0 saturated heterocycles. The van der Waals surface area contributed by atoms with Crippen molar-refractivity contribution in [2.24, 2.45) is 4.99 Å². The smallest absolute Gasteiger partial charge is 0.251 e. The molecule has 9 heteroatoms. The van der Waals surface area contributed by atoms with Gasteiger partial charge < -0.3 is 16.0 Å². The van der Waals surface area contributed by atoms with E-state index in [4.69, 9.17) is 0 Å². The van der Waals surface area contributed by atoms with Crippen molar-refractivity contribution in [3.8, 4) is 11.1 Å². The lowest BCUT2D eigenvalue weighted by molar-refractivity contribution is 0.0950. The predicted octanol–water partition coefficient (Wildman–Crippen LogP) is 2.27. The molecule has 0 spiro atoms. The lowest BCUT2D eigenvalue weighted by atomic mass is 9.98. The second-order valence-corrected chi connectivity index (χ2v) is 7.52. The van der Waals surface area contributed by atoms with Gasteiger partial charge in [0.15, 0.2) is 5.96 Å². The molecule has 1 amide bonds. The first-order chi connectivity index (χ1) is 15.5. The lowest BCUT2D eigenvalue weighted by Crippen LogP contribution is -2.33. The Hall–Kier alpha value is -3.88. The van der Waals surface area contributed by atoms with Crippen LogP contribution in [0.15, 0.2) is 47.7 Å². The zero-order valence-corrected chi connectivity index (χ0v) is 17.9. The van der Waals surface area contributed by atoms with Crippen molar-refractivity contribution < 1.29 is 9.18 Å². The number of benzene rings is 1. The highest BCUT2D eigenvalue weighted by molar-refractivity contribution is 5.96. The number of carbonyl (C=O) groups excluding carboxylic acids is 1. The van der Waals surface area contributed by atoms with Crippen LogP contribution in [0.5, 0.6) is 0 Å². The summed E-state index contributed by atoms with van der Waals surface area (Å²) in [6, 6.07) is 8.59. The first-order valence-corrected chi connectivity index (χ1v) is 10.3. The third-order valence-corrected chi connectivity index (χ3v) is 5.04. The standard InChI is InChI=1S/C23H24FN7O/c1-14-20(3-4-21(24)31-14)18-7-16(10-30-23-25-5-6-26-23)8-19(9-18)22(32)29-13-17-11-27-15(2)28-12-17/h3-4,7-9,11-12H,5-6,10,13H2,1-2H3,(H,29,32)(H2,25,26,30). The Labute approximate surface area is 185 Å². The second kappa shape index (κ2) is 9.51. The van der Waals surface area contributed by atoms with Crippen molar-refractivity contribution in [1.82, 2.24) is 30.9 Å². The summed E-state index contributed by atoms with van der Waals surface area (Å²) in [6.45, 7) is 5.90. The fraction of sp³-hybridized carbons (Fsp3) is 0.261. The number of carbonyl (C=O) groups is 1. The molecule has 8 nitrogen and oxygen atoms in total. The van der Waals surface area contributed by atoms with Crippen molar-refractivity contribution in [3.63, 3.8) is 0 Å². The van der Waals surface area contributed by atoms with Crippen LogP contribution in [0.4, 0.5) is 4.39 Å². The first kappa shape index (κ1) is 21.4. The Morgan fingerprint density at radius 1 is 1.09 bits per heavy atom. The summed E-state index contributed by atoms with van der Waals surface area (Å²) in [5, 5.41) is 9.32. The molecule has 0 radical (unpaired) electrons. The minimum atomic E-state index is -0.535. The Bertz CT molecular complexity index is 1160. The third kappa shape index (κ3) is 5.23. The largest absolute Gasteiger partial charge is 0.355 e. The molecule has 3 aromatic rings. The Balaban J connectivity index is 1.59. The zero-order chi connectivity index (χ0) is 22.5. The molecule has 0 aliphatic carbocycles. The first-order valence-electron chi connectivity index (χ1n) is 10.3. The highest BCUT2D eigenvalue weighted by Gasteiger charge is 2.13. The van der Waals surface area contributed by atoms with E-state index < -0.39 is 5.95 Å². The third-order valence-electron chi connectivity index (χ3n) is 5.04. The molecule has 164 valence electrons. The van der Waals surface area contributed by atoms with Gasteiger partial charge in [0.1, 0.15) is 5.82 Å². The van der Waals surface area contributed by atoms with Crippen LogP contribution in [0.3, 0.4) is 0 Å². The second-order valence-electron chi connectivity index (χ2n) is 7.52.